The molecule has 25 valence electrons. The molecule has 0 spiro atoms. The topological polar surface area (TPSA) is 0 Å². The minimum atomic E-state index is 0. The summed E-state index contributed by atoms with van der Waals surface area (Å²) in [4.78, 5) is 0. The molecule has 0 amide bonds. The summed E-state index contributed by atoms with van der Waals surface area (Å²) in [6.45, 7) is 0. The van der Waals surface area contributed by atoms with Gasteiger partial charge in [-0.25, -0.2) is 0 Å². The third kappa shape index (κ3) is 9.10. The van der Waals surface area contributed by atoms with Gasteiger partial charge in [0.15, 0.2) is 0 Å². The second-order valence-corrected chi connectivity index (χ2v) is 0. The molecule has 1 radical (unpaired) electrons. The first-order chi connectivity index (χ1) is 1.00. The molecule has 0 aromatic carbocycles. The fourth-order valence-electron chi connectivity index (χ4n) is 0. The molecule has 0 saturated heterocycles. The van der Waals surface area contributed by atoms with Gasteiger partial charge in [-0.1, -0.05) is 0 Å². The van der Waals surface area contributed by atoms with Gasteiger partial charge < -0.3 is 0 Å². The molecule has 0 aromatic rings. The van der Waals surface area contributed by atoms with E-state index in [1.54, 1.807) is 0 Å². The molecule has 0 fully saturated rings. The van der Waals surface area contributed by atoms with Crippen LogP contribution in [0.3, 0.4) is 0 Å². The molecule has 0 aromatic heterocycles. The van der Waals surface area contributed by atoms with E-state index in [-0.39, 0.29) is 38.8 Å². The van der Waals surface area contributed by atoms with Crippen molar-refractivity contribution in [1.29, 1.82) is 0 Å². The van der Waals surface area contributed by atoms with Gasteiger partial charge in [0.2, 0.25) is 0 Å². The first-order valence-electron chi connectivity index (χ1n) is 0.577. The minimum absolute atomic E-state index is 0. The molecule has 0 bridgehead atoms. The van der Waals surface area contributed by atoms with Crippen LogP contribution in [0, 0.1) is 0 Å². The average molecular weight is 167 g/mol. The van der Waals surface area contributed by atoms with E-state index in [1.165, 1.54) is 9.91 Å². The second-order valence-electron chi connectivity index (χ2n) is 0. The summed E-state index contributed by atoms with van der Waals surface area (Å²) in [6, 6.07) is 0. The van der Waals surface area contributed by atoms with Crippen LogP contribution < -0.4 is 0 Å². The summed E-state index contributed by atoms with van der Waals surface area (Å²) in [5.74, 6) is 0. The summed E-state index contributed by atoms with van der Waals surface area (Å²) in [7, 11) is 3.78. The van der Waals surface area contributed by atoms with Gasteiger partial charge in [-0.3, -0.25) is 0 Å². The van der Waals surface area contributed by atoms with Gasteiger partial charge in [-0.2, -0.15) is 8.79 Å². The Morgan fingerprint density at radius 2 is 1.25 bits per heavy atom. The van der Waals surface area contributed by atoms with Gasteiger partial charge in [0, 0.05) is 48.7 Å². The number of hydrogen-bond acceptors (Lipinski definition) is 0. The fraction of sp³-hybridized carbons (Fsp3) is 0. The SMILES string of the molecule is [Mn].[SiH3]P.[Ti]. The molecule has 0 nitrogen and oxygen atoms in total. The van der Waals surface area contributed by atoms with Gasteiger partial charge in [-0.15, -0.1) is 0 Å². The molecule has 0 saturated carbocycles. The van der Waals surface area contributed by atoms with Crippen molar-refractivity contribution in [2.45, 2.75) is 0 Å². The van der Waals surface area contributed by atoms with Crippen molar-refractivity contribution in [3.63, 3.8) is 0 Å². The van der Waals surface area contributed by atoms with Gasteiger partial charge >= 0.3 is 0 Å². The Balaban J connectivity index is -0.00000000500. The maximum absolute atomic E-state index is 2.56. The van der Waals surface area contributed by atoms with Crippen LogP contribution in [0.25, 0.3) is 0 Å². The van der Waals surface area contributed by atoms with Crippen molar-refractivity contribution in [2.75, 3.05) is 0 Å². The summed E-state index contributed by atoms with van der Waals surface area (Å²) in [5.41, 5.74) is 0. The van der Waals surface area contributed by atoms with Crippen LogP contribution in [0.2, 0.25) is 0 Å². The average Bonchev–Trinajstić information content (AvgIpc) is 1.00. The molecule has 4 heavy (non-hydrogen) atoms. The molecule has 0 N–H and O–H groups in total. The fourth-order valence-corrected chi connectivity index (χ4v) is 0. The normalized spacial score (nSPS) is 2.25. The van der Waals surface area contributed by atoms with Gasteiger partial charge in [0.1, 0.15) is 0 Å². The van der Waals surface area contributed by atoms with E-state index in [1.807, 2.05) is 0 Å². The second kappa shape index (κ2) is 20.8. The molecule has 1 unspecified atom stereocenters. The predicted octanol–water partition coefficient (Wildman–Crippen LogP) is -0.863. The molecule has 1 atom stereocenters. The largest absolute Gasteiger partial charge is 0.159 e. The van der Waals surface area contributed by atoms with E-state index < -0.39 is 0 Å². The number of hydrogen-bond donors (Lipinski definition) is 0. The van der Waals surface area contributed by atoms with Gasteiger partial charge in [-0.05, 0) is 0 Å². The van der Waals surface area contributed by atoms with Crippen LogP contribution in [-0.4, -0.2) is 9.91 Å². The van der Waals surface area contributed by atoms with Crippen molar-refractivity contribution in [1.82, 2.24) is 0 Å². The summed E-state index contributed by atoms with van der Waals surface area (Å²) >= 11 is 0. The van der Waals surface area contributed by atoms with Crippen molar-refractivity contribution < 1.29 is 38.8 Å². The van der Waals surface area contributed by atoms with Crippen LogP contribution in [0.4, 0.5) is 0 Å². The maximum atomic E-state index is 2.56. The zero-order chi connectivity index (χ0) is 2.00. The Hall–Kier alpha value is 1.88. The summed E-state index contributed by atoms with van der Waals surface area (Å²) in [6.07, 6.45) is 0. The molecule has 0 aliphatic carbocycles. The smallest absolute Gasteiger partial charge is 0.0252 e. The van der Waals surface area contributed by atoms with Crippen LogP contribution >= 0.6 is 8.79 Å². The maximum Gasteiger partial charge on any atom is 0.0252 e. The monoisotopic (exact) mass is 167 g/mol. The van der Waals surface area contributed by atoms with Crippen molar-refractivity contribution >= 4 is 18.7 Å². The van der Waals surface area contributed by atoms with Crippen molar-refractivity contribution in [3.05, 3.63) is 0 Å². The van der Waals surface area contributed by atoms with Crippen LogP contribution in [-0.2, 0) is 38.8 Å². The van der Waals surface area contributed by atoms with Crippen molar-refractivity contribution in [3.8, 4) is 0 Å². The Morgan fingerprint density at radius 1 is 1.25 bits per heavy atom. The van der Waals surface area contributed by atoms with Crippen LogP contribution in [0.1, 0.15) is 0 Å². The standard InChI is InChI=1S/Mn.H5PSi.Ti/c;1-2;/h;1H2,2H3;. The van der Waals surface area contributed by atoms with Gasteiger partial charge in [0.05, 0.1) is 0 Å². The third-order valence-corrected chi connectivity index (χ3v) is 0. The quantitative estimate of drug-likeness (QED) is 0.325. The van der Waals surface area contributed by atoms with E-state index in [4.69, 9.17) is 0 Å². The van der Waals surface area contributed by atoms with E-state index in [0.29, 0.717) is 0 Å². The summed E-state index contributed by atoms with van der Waals surface area (Å²) in [5, 5.41) is 0. The van der Waals surface area contributed by atoms with E-state index in [2.05, 4.69) is 8.79 Å². The molecule has 0 aliphatic rings. The Bertz CT molecular complexity index is 8.00. The Morgan fingerprint density at radius 3 is 1.25 bits per heavy atom. The Kier molecular flexibility index (Phi) is 87.7. The molecule has 4 heteroatoms. The van der Waals surface area contributed by atoms with Crippen LogP contribution in [0.5, 0.6) is 0 Å². The minimum Gasteiger partial charge on any atom is -0.159 e. The molecule has 0 rings (SSSR count). The zero-order valence-electron chi connectivity index (χ0n) is 2.46. The zero-order valence-corrected chi connectivity index (χ0v) is 8.35. The van der Waals surface area contributed by atoms with Gasteiger partial charge in [0.25, 0.3) is 0 Å². The van der Waals surface area contributed by atoms with Crippen LogP contribution in [0.15, 0.2) is 0 Å². The molecular formula is H5MnPSiTi. The molecular weight excluding hydrogens is 162 g/mol. The molecule has 0 aliphatic heterocycles. The van der Waals surface area contributed by atoms with E-state index >= 15 is 0 Å². The van der Waals surface area contributed by atoms with Crippen molar-refractivity contribution in [2.24, 2.45) is 0 Å². The summed E-state index contributed by atoms with van der Waals surface area (Å²) < 4.78 is 0. The first kappa shape index (κ1) is 16.9. The third-order valence-electron chi connectivity index (χ3n) is 0. The molecule has 0 heterocycles. The Labute approximate surface area is 57.3 Å². The van der Waals surface area contributed by atoms with E-state index in [9.17, 15) is 0 Å². The first-order valence-corrected chi connectivity index (χ1v) is 5.20. The number of rotatable bonds is 0. The predicted molar refractivity (Wildman–Crippen MR) is 19.6 cm³/mol. The van der Waals surface area contributed by atoms with E-state index in [0.717, 1.165) is 0 Å².